The number of benzene rings is 1. The van der Waals surface area contributed by atoms with E-state index in [1.807, 2.05) is 11.9 Å². The van der Waals surface area contributed by atoms with Crippen molar-refractivity contribution >= 4 is 11.9 Å². The molecule has 0 radical (unpaired) electrons. The van der Waals surface area contributed by atoms with Crippen LogP contribution in [0.25, 0.3) is 11.3 Å². The number of aromatic hydroxyl groups is 1. The van der Waals surface area contributed by atoms with Crippen molar-refractivity contribution in [1.29, 1.82) is 0 Å². The van der Waals surface area contributed by atoms with Gasteiger partial charge in [0.25, 0.3) is 5.91 Å². The average molecular weight is 364 g/mol. The number of aromatic nitrogens is 4. The van der Waals surface area contributed by atoms with E-state index in [2.05, 4.69) is 20.0 Å². The van der Waals surface area contributed by atoms with Gasteiger partial charge in [-0.15, -0.1) is 0 Å². The van der Waals surface area contributed by atoms with Gasteiger partial charge in [-0.05, 0) is 36.4 Å². The molecule has 0 bridgehead atoms. The molecule has 1 saturated heterocycles. The van der Waals surface area contributed by atoms with Gasteiger partial charge >= 0.3 is 0 Å². The van der Waals surface area contributed by atoms with Crippen molar-refractivity contribution in [1.82, 2.24) is 24.6 Å². The van der Waals surface area contributed by atoms with E-state index in [0.717, 1.165) is 11.3 Å². The molecule has 3 heterocycles. The first-order valence-corrected chi connectivity index (χ1v) is 8.76. The molecule has 1 aliphatic heterocycles. The molecule has 0 saturated carbocycles. The third-order valence-electron chi connectivity index (χ3n) is 4.66. The molecule has 0 unspecified atom stereocenters. The van der Waals surface area contributed by atoms with E-state index in [1.165, 1.54) is 0 Å². The number of hydrogen-bond acceptors (Lipinski definition) is 6. The molecule has 1 aromatic carbocycles. The number of amides is 1. The molecule has 0 spiro atoms. The normalized spacial score (nSPS) is 14.4. The number of carbonyl (C=O) groups excluding carboxylic acids is 1. The molecular weight excluding hydrogens is 344 g/mol. The lowest BCUT2D eigenvalue weighted by molar-refractivity contribution is 0.0739. The lowest BCUT2D eigenvalue weighted by Crippen LogP contribution is -2.49. The summed E-state index contributed by atoms with van der Waals surface area (Å²) < 4.78 is 1.69. The van der Waals surface area contributed by atoms with E-state index < -0.39 is 0 Å². The van der Waals surface area contributed by atoms with E-state index in [9.17, 15) is 9.90 Å². The molecule has 1 amide bonds. The number of hydrogen-bond donors (Lipinski definition) is 1. The van der Waals surface area contributed by atoms with Crippen molar-refractivity contribution in [2.45, 2.75) is 0 Å². The molecular formula is C19H20N6O2. The van der Waals surface area contributed by atoms with Crippen molar-refractivity contribution in [2.24, 2.45) is 7.05 Å². The minimum atomic E-state index is -0.0794. The van der Waals surface area contributed by atoms with E-state index in [-0.39, 0.29) is 11.7 Å². The molecule has 2 aromatic heterocycles. The van der Waals surface area contributed by atoms with Crippen molar-refractivity contribution < 1.29 is 9.90 Å². The summed E-state index contributed by atoms with van der Waals surface area (Å²) in [5, 5.41) is 13.8. The zero-order chi connectivity index (χ0) is 18.8. The Labute approximate surface area is 156 Å². The van der Waals surface area contributed by atoms with Crippen LogP contribution < -0.4 is 4.90 Å². The number of nitrogens with zero attached hydrogens (tertiary/aromatic N) is 6. The van der Waals surface area contributed by atoms with Crippen LogP contribution in [0.15, 0.2) is 48.8 Å². The van der Waals surface area contributed by atoms with Crippen LogP contribution in [-0.4, -0.2) is 61.8 Å². The number of carbonyl (C=O) groups is 1. The second-order valence-corrected chi connectivity index (χ2v) is 6.41. The Kier molecular flexibility index (Phi) is 4.45. The van der Waals surface area contributed by atoms with Crippen LogP contribution in [0.2, 0.25) is 0 Å². The van der Waals surface area contributed by atoms with Gasteiger partial charge in [-0.1, -0.05) is 0 Å². The van der Waals surface area contributed by atoms with Crippen LogP contribution in [0.4, 0.5) is 5.95 Å². The van der Waals surface area contributed by atoms with Gasteiger partial charge in [0.2, 0.25) is 5.95 Å². The van der Waals surface area contributed by atoms with Gasteiger partial charge in [0.1, 0.15) is 5.75 Å². The standard InChI is InChI=1S/C19H20N6O2/c1-23-17(14-3-5-15(26)6-4-14)13-16(22-23)18(27)24-9-11-25(12-10-24)19-20-7-2-8-21-19/h2-8,13,26H,9-12H2,1H3. The highest BCUT2D eigenvalue weighted by atomic mass is 16.3. The number of phenolic OH excluding ortho intramolecular Hbond substituents is 1. The van der Waals surface area contributed by atoms with Gasteiger partial charge in [-0.3, -0.25) is 9.48 Å². The Morgan fingerprint density at radius 1 is 1.04 bits per heavy atom. The summed E-state index contributed by atoms with van der Waals surface area (Å²) in [4.78, 5) is 25.3. The predicted octanol–water partition coefficient (Wildman–Crippen LogP) is 1.55. The Balaban J connectivity index is 1.46. The first-order chi connectivity index (χ1) is 13.1. The van der Waals surface area contributed by atoms with Crippen LogP contribution in [0.3, 0.4) is 0 Å². The summed E-state index contributed by atoms with van der Waals surface area (Å²) in [5.41, 5.74) is 2.15. The molecule has 0 atom stereocenters. The maximum Gasteiger partial charge on any atom is 0.274 e. The van der Waals surface area contributed by atoms with Gasteiger partial charge in [-0.25, -0.2) is 9.97 Å². The topological polar surface area (TPSA) is 87.4 Å². The first-order valence-electron chi connectivity index (χ1n) is 8.76. The molecule has 4 rings (SSSR count). The summed E-state index contributed by atoms with van der Waals surface area (Å²) in [6.45, 7) is 2.57. The van der Waals surface area contributed by atoms with E-state index in [1.54, 1.807) is 53.5 Å². The Hall–Kier alpha value is -3.42. The zero-order valence-corrected chi connectivity index (χ0v) is 15.0. The fraction of sp³-hybridized carbons (Fsp3) is 0.263. The fourth-order valence-corrected chi connectivity index (χ4v) is 3.20. The molecule has 0 aliphatic carbocycles. The second kappa shape index (κ2) is 7.06. The van der Waals surface area contributed by atoms with Crippen molar-refractivity contribution in [3.63, 3.8) is 0 Å². The molecule has 138 valence electrons. The number of anilines is 1. The summed E-state index contributed by atoms with van der Waals surface area (Å²) >= 11 is 0. The van der Waals surface area contributed by atoms with E-state index >= 15 is 0 Å². The Bertz CT molecular complexity index is 931. The highest BCUT2D eigenvalue weighted by Gasteiger charge is 2.25. The maximum absolute atomic E-state index is 12.9. The third kappa shape index (κ3) is 3.46. The minimum absolute atomic E-state index is 0.0794. The Morgan fingerprint density at radius 3 is 2.37 bits per heavy atom. The van der Waals surface area contributed by atoms with Gasteiger partial charge < -0.3 is 14.9 Å². The summed E-state index contributed by atoms with van der Waals surface area (Å²) in [5.74, 6) is 0.818. The molecule has 8 heteroatoms. The number of aryl methyl sites for hydroxylation is 1. The monoisotopic (exact) mass is 364 g/mol. The third-order valence-corrected chi connectivity index (χ3v) is 4.66. The quantitative estimate of drug-likeness (QED) is 0.759. The van der Waals surface area contributed by atoms with Crippen molar-refractivity contribution in [3.05, 3.63) is 54.5 Å². The highest BCUT2D eigenvalue weighted by Crippen LogP contribution is 2.23. The SMILES string of the molecule is Cn1nc(C(=O)N2CCN(c3ncccn3)CC2)cc1-c1ccc(O)cc1. The van der Waals surface area contributed by atoms with E-state index in [0.29, 0.717) is 37.8 Å². The molecule has 8 nitrogen and oxygen atoms in total. The molecule has 1 N–H and O–H groups in total. The first kappa shape index (κ1) is 17.0. The van der Waals surface area contributed by atoms with E-state index in [4.69, 9.17) is 0 Å². The van der Waals surface area contributed by atoms with Crippen molar-refractivity contribution in [3.8, 4) is 17.0 Å². The van der Waals surface area contributed by atoms with Crippen LogP contribution in [-0.2, 0) is 7.05 Å². The Morgan fingerprint density at radius 2 is 1.70 bits per heavy atom. The number of rotatable bonds is 3. The summed E-state index contributed by atoms with van der Waals surface area (Å²) in [6, 6.07) is 10.4. The zero-order valence-electron chi connectivity index (χ0n) is 15.0. The van der Waals surface area contributed by atoms with Crippen LogP contribution in [0, 0.1) is 0 Å². The number of piperazine rings is 1. The van der Waals surface area contributed by atoms with Crippen LogP contribution in [0.5, 0.6) is 5.75 Å². The van der Waals surface area contributed by atoms with Crippen molar-refractivity contribution in [2.75, 3.05) is 31.1 Å². The molecule has 1 fully saturated rings. The van der Waals surface area contributed by atoms with Gasteiger partial charge in [0.05, 0.1) is 5.69 Å². The fourth-order valence-electron chi connectivity index (χ4n) is 3.20. The second-order valence-electron chi connectivity index (χ2n) is 6.41. The molecule has 3 aromatic rings. The highest BCUT2D eigenvalue weighted by molar-refractivity contribution is 5.93. The molecule has 1 aliphatic rings. The molecule has 27 heavy (non-hydrogen) atoms. The van der Waals surface area contributed by atoms with Gasteiger partial charge in [0.15, 0.2) is 5.69 Å². The van der Waals surface area contributed by atoms with Crippen LogP contribution >= 0.6 is 0 Å². The average Bonchev–Trinajstić information content (AvgIpc) is 3.10. The maximum atomic E-state index is 12.9. The summed E-state index contributed by atoms with van der Waals surface area (Å²) in [7, 11) is 1.81. The smallest absolute Gasteiger partial charge is 0.274 e. The minimum Gasteiger partial charge on any atom is -0.508 e. The summed E-state index contributed by atoms with van der Waals surface area (Å²) in [6.07, 6.45) is 3.44. The lowest BCUT2D eigenvalue weighted by atomic mass is 10.1. The van der Waals surface area contributed by atoms with Gasteiger partial charge in [-0.2, -0.15) is 5.10 Å². The lowest BCUT2D eigenvalue weighted by Gasteiger charge is -2.34. The largest absolute Gasteiger partial charge is 0.508 e. The number of phenols is 1. The van der Waals surface area contributed by atoms with Gasteiger partial charge in [0, 0.05) is 51.2 Å². The van der Waals surface area contributed by atoms with Crippen LogP contribution in [0.1, 0.15) is 10.5 Å². The predicted molar refractivity (Wildman–Crippen MR) is 100 cm³/mol.